The molecule has 16 heavy (non-hydrogen) atoms. The highest BCUT2D eigenvalue weighted by Gasteiger charge is 2.32. The Morgan fingerprint density at radius 3 is 2.88 bits per heavy atom. The van der Waals surface area contributed by atoms with Gasteiger partial charge in [0.25, 0.3) is 0 Å². The van der Waals surface area contributed by atoms with Crippen molar-refractivity contribution in [1.29, 1.82) is 0 Å². The van der Waals surface area contributed by atoms with Gasteiger partial charge >= 0.3 is 0 Å². The molecule has 2 atom stereocenters. The zero-order valence-corrected chi connectivity index (χ0v) is 9.97. The minimum atomic E-state index is -0.873. The van der Waals surface area contributed by atoms with Crippen LogP contribution in [0.15, 0.2) is 0 Å². The zero-order valence-electron chi connectivity index (χ0n) is 9.15. The van der Waals surface area contributed by atoms with Crippen LogP contribution in [-0.4, -0.2) is 55.9 Å². The van der Waals surface area contributed by atoms with Gasteiger partial charge in [-0.3, -0.25) is 4.79 Å². The van der Waals surface area contributed by atoms with Crippen LogP contribution in [0.25, 0.3) is 0 Å². The number of hydrogen-bond donors (Lipinski definition) is 1. The second kappa shape index (κ2) is 6.37. The molecule has 0 spiro atoms. The maximum atomic E-state index is 12.9. The molecule has 0 aromatic heterocycles. The van der Waals surface area contributed by atoms with Gasteiger partial charge in [-0.1, -0.05) is 0 Å². The molecule has 2 heterocycles. The lowest BCUT2D eigenvalue weighted by molar-refractivity contribution is -0.133. The molecule has 0 aliphatic carbocycles. The highest BCUT2D eigenvalue weighted by Crippen LogP contribution is 2.13. The Kier molecular flexibility index (Phi) is 5.44. The van der Waals surface area contributed by atoms with E-state index < -0.39 is 6.17 Å². The van der Waals surface area contributed by atoms with Crippen molar-refractivity contribution in [2.24, 2.45) is 0 Å². The van der Waals surface area contributed by atoms with Gasteiger partial charge < -0.3 is 15.0 Å². The molecule has 0 saturated carbocycles. The Morgan fingerprint density at radius 2 is 2.19 bits per heavy atom. The maximum Gasteiger partial charge on any atom is 0.239 e. The molecule has 4 nitrogen and oxygen atoms in total. The lowest BCUT2D eigenvalue weighted by atomic mass is 10.2. The van der Waals surface area contributed by atoms with Crippen molar-refractivity contribution in [2.75, 3.05) is 32.8 Å². The summed E-state index contributed by atoms with van der Waals surface area (Å²) in [5, 5.41) is 2.92. The first-order valence-corrected chi connectivity index (χ1v) is 5.51. The lowest BCUT2D eigenvalue weighted by Crippen LogP contribution is -2.44. The Morgan fingerprint density at radius 1 is 1.38 bits per heavy atom. The first kappa shape index (κ1) is 13.7. The van der Waals surface area contributed by atoms with Crippen LogP contribution in [0.2, 0.25) is 0 Å². The second-order valence-electron chi connectivity index (χ2n) is 4.09. The number of halogens is 2. The van der Waals surface area contributed by atoms with Crippen LogP contribution in [0.4, 0.5) is 4.39 Å². The van der Waals surface area contributed by atoms with Gasteiger partial charge in [0.1, 0.15) is 6.17 Å². The summed E-state index contributed by atoms with van der Waals surface area (Å²) in [6.07, 6.45) is 0.315. The van der Waals surface area contributed by atoms with Crippen LogP contribution in [0, 0.1) is 0 Å². The maximum absolute atomic E-state index is 12.9. The lowest BCUT2D eigenvalue weighted by Gasteiger charge is -2.23. The standard InChI is InChI=1S/C10H17FN2O2.ClH/c11-8-6-9(12-7-8)10(14)13-2-1-4-15-5-3-13;/h8-9,12H,1-7H2;1H/t8-,9+;/m0./s1. The van der Waals surface area contributed by atoms with Crippen molar-refractivity contribution >= 4 is 18.3 Å². The van der Waals surface area contributed by atoms with Gasteiger partial charge in [-0.2, -0.15) is 0 Å². The molecule has 2 saturated heterocycles. The monoisotopic (exact) mass is 252 g/mol. The summed E-state index contributed by atoms with van der Waals surface area (Å²) in [6, 6.07) is -0.321. The fourth-order valence-corrected chi connectivity index (χ4v) is 2.07. The average Bonchev–Trinajstić information content (AvgIpc) is 2.53. The van der Waals surface area contributed by atoms with Gasteiger partial charge in [0.15, 0.2) is 0 Å². The van der Waals surface area contributed by atoms with Crippen LogP contribution < -0.4 is 5.32 Å². The van der Waals surface area contributed by atoms with Crippen molar-refractivity contribution < 1.29 is 13.9 Å². The van der Waals surface area contributed by atoms with E-state index in [9.17, 15) is 9.18 Å². The molecule has 6 heteroatoms. The Bertz CT molecular complexity index is 235. The molecule has 2 fully saturated rings. The number of carbonyl (C=O) groups excluding carboxylic acids is 1. The largest absolute Gasteiger partial charge is 0.380 e. The first-order chi connectivity index (χ1) is 7.27. The van der Waals surface area contributed by atoms with Gasteiger partial charge in [0.05, 0.1) is 12.6 Å². The van der Waals surface area contributed by atoms with Crippen LogP contribution in [0.5, 0.6) is 0 Å². The minimum absolute atomic E-state index is 0. The SMILES string of the molecule is Cl.O=C([C@H]1C[C@H](F)CN1)N1CCCOCC1. The van der Waals surface area contributed by atoms with Crippen molar-refractivity contribution in [3.8, 4) is 0 Å². The van der Waals surface area contributed by atoms with E-state index in [-0.39, 0.29) is 24.4 Å². The predicted molar refractivity (Wildman–Crippen MR) is 60.6 cm³/mol. The van der Waals surface area contributed by atoms with Gasteiger partial charge in [-0.15, -0.1) is 12.4 Å². The zero-order chi connectivity index (χ0) is 10.7. The van der Waals surface area contributed by atoms with Gasteiger partial charge in [0, 0.05) is 32.7 Å². The van der Waals surface area contributed by atoms with E-state index in [1.807, 2.05) is 0 Å². The van der Waals surface area contributed by atoms with Crippen molar-refractivity contribution in [1.82, 2.24) is 10.2 Å². The molecule has 0 bridgehead atoms. The Balaban J connectivity index is 0.00000128. The molecule has 94 valence electrons. The summed E-state index contributed by atoms with van der Waals surface area (Å²) in [7, 11) is 0. The topological polar surface area (TPSA) is 41.6 Å². The first-order valence-electron chi connectivity index (χ1n) is 5.51. The number of alkyl halides is 1. The molecule has 2 rings (SSSR count). The number of nitrogens with zero attached hydrogens (tertiary/aromatic N) is 1. The number of ether oxygens (including phenoxy) is 1. The van der Waals surface area contributed by atoms with E-state index in [0.717, 1.165) is 13.0 Å². The van der Waals surface area contributed by atoms with Crippen LogP contribution in [0.3, 0.4) is 0 Å². The third kappa shape index (κ3) is 3.30. The number of hydrogen-bond acceptors (Lipinski definition) is 3. The summed E-state index contributed by atoms with van der Waals surface area (Å²) >= 11 is 0. The second-order valence-corrected chi connectivity index (χ2v) is 4.09. The molecular weight excluding hydrogens is 235 g/mol. The van der Waals surface area contributed by atoms with Crippen molar-refractivity contribution in [3.05, 3.63) is 0 Å². The molecular formula is C10H18ClFN2O2. The average molecular weight is 253 g/mol. The van der Waals surface area contributed by atoms with Gasteiger partial charge in [-0.25, -0.2) is 4.39 Å². The van der Waals surface area contributed by atoms with E-state index in [2.05, 4.69) is 5.32 Å². The molecule has 1 amide bonds. The summed E-state index contributed by atoms with van der Waals surface area (Å²) in [6.45, 7) is 2.98. The molecule has 0 unspecified atom stereocenters. The predicted octanol–water partition coefficient (Wildman–Crippen LogP) is 0.357. The normalized spacial score (nSPS) is 30.7. The summed E-state index contributed by atoms with van der Waals surface area (Å²) < 4.78 is 18.2. The molecule has 1 N–H and O–H groups in total. The van der Waals surface area contributed by atoms with E-state index in [4.69, 9.17) is 4.74 Å². The smallest absolute Gasteiger partial charge is 0.239 e. The summed E-state index contributed by atoms with van der Waals surface area (Å²) in [4.78, 5) is 13.7. The molecule has 0 aromatic rings. The third-order valence-electron chi connectivity index (χ3n) is 2.91. The Hall–Kier alpha value is -0.390. The number of nitrogens with one attached hydrogen (secondary N) is 1. The summed E-state index contributed by atoms with van der Waals surface area (Å²) in [5.41, 5.74) is 0. The number of carbonyl (C=O) groups is 1. The molecule has 2 aliphatic rings. The van der Waals surface area contributed by atoms with Gasteiger partial charge in [0.2, 0.25) is 5.91 Å². The third-order valence-corrected chi connectivity index (χ3v) is 2.91. The Labute approximate surface area is 101 Å². The molecule has 2 aliphatic heterocycles. The molecule has 0 radical (unpaired) electrons. The minimum Gasteiger partial charge on any atom is -0.380 e. The fraction of sp³-hybridized carbons (Fsp3) is 0.900. The number of amides is 1. The summed E-state index contributed by atoms with van der Waals surface area (Å²) in [5.74, 6) is 0.0284. The van der Waals surface area contributed by atoms with Crippen LogP contribution in [-0.2, 0) is 9.53 Å². The van der Waals surface area contributed by atoms with Gasteiger partial charge in [-0.05, 0) is 6.42 Å². The number of rotatable bonds is 1. The fourth-order valence-electron chi connectivity index (χ4n) is 2.07. The quantitative estimate of drug-likeness (QED) is 0.733. The van der Waals surface area contributed by atoms with Crippen molar-refractivity contribution in [3.63, 3.8) is 0 Å². The molecule has 0 aromatic carbocycles. The van der Waals surface area contributed by atoms with Crippen LogP contribution >= 0.6 is 12.4 Å². The van der Waals surface area contributed by atoms with Crippen LogP contribution in [0.1, 0.15) is 12.8 Å². The van der Waals surface area contributed by atoms with E-state index in [1.165, 1.54) is 0 Å². The highest BCUT2D eigenvalue weighted by atomic mass is 35.5. The highest BCUT2D eigenvalue weighted by molar-refractivity contribution is 5.85. The van der Waals surface area contributed by atoms with E-state index >= 15 is 0 Å². The van der Waals surface area contributed by atoms with E-state index in [0.29, 0.717) is 32.7 Å². The van der Waals surface area contributed by atoms with Crippen molar-refractivity contribution in [2.45, 2.75) is 25.1 Å². The van der Waals surface area contributed by atoms with E-state index in [1.54, 1.807) is 4.90 Å².